The highest BCUT2D eigenvalue weighted by Crippen LogP contribution is 2.33. The maximum Gasteiger partial charge on any atom is 0.339 e. The number of benzene rings is 3. The van der Waals surface area contributed by atoms with Gasteiger partial charge in [-0.1, -0.05) is 42.5 Å². The molecule has 0 aliphatic rings. The number of hydrogen-bond donors (Lipinski definition) is 2. The molecule has 1 atom stereocenters. The molecule has 0 saturated heterocycles. The summed E-state index contributed by atoms with van der Waals surface area (Å²) in [5.74, 6) is -0.206. The number of carboxylic acid groups (broad SMARTS) is 1. The fourth-order valence-electron chi connectivity index (χ4n) is 5.00. The lowest BCUT2D eigenvalue weighted by molar-refractivity contribution is 0.0693. The third-order valence-corrected chi connectivity index (χ3v) is 7.67. The van der Waals surface area contributed by atoms with Crippen molar-refractivity contribution in [2.75, 3.05) is 12.4 Å². The fourth-order valence-corrected chi connectivity index (χ4v) is 5.67. The van der Waals surface area contributed by atoms with Crippen molar-refractivity contribution in [3.8, 4) is 22.6 Å². The Morgan fingerprint density at radius 2 is 1.85 bits per heavy atom. The monoisotopic (exact) mass is 548 g/mol. The molecule has 0 spiro atoms. The molecule has 0 aliphatic carbocycles. The lowest BCUT2D eigenvalue weighted by atomic mass is 9.96. The zero-order valence-electron chi connectivity index (χ0n) is 21.7. The van der Waals surface area contributed by atoms with Crippen LogP contribution < -0.4 is 15.6 Å². The second-order valence-corrected chi connectivity index (χ2v) is 10.1. The highest BCUT2D eigenvalue weighted by atomic mass is 32.1. The molecule has 0 radical (unpaired) electrons. The molecular weight excluding hydrogens is 524 g/mol. The van der Waals surface area contributed by atoms with Crippen LogP contribution in [0.4, 0.5) is 5.82 Å². The smallest absolute Gasteiger partial charge is 0.339 e. The number of carbonyl (C=O) groups is 1. The van der Waals surface area contributed by atoms with Crippen LogP contribution in [0.25, 0.3) is 37.8 Å². The van der Waals surface area contributed by atoms with Crippen molar-refractivity contribution in [3.63, 3.8) is 0 Å². The zero-order chi connectivity index (χ0) is 27.8. The summed E-state index contributed by atoms with van der Waals surface area (Å²) in [6, 6.07) is 23.7. The van der Waals surface area contributed by atoms with Crippen LogP contribution in [0.3, 0.4) is 0 Å². The largest absolute Gasteiger partial charge is 0.496 e. The molecular formula is C31H24N4O4S. The van der Waals surface area contributed by atoms with Crippen molar-refractivity contribution in [3.05, 3.63) is 112 Å². The summed E-state index contributed by atoms with van der Waals surface area (Å²) < 4.78 is 8.09. The first-order chi connectivity index (χ1) is 19.5. The Morgan fingerprint density at radius 3 is 2.62 bits per heavy atom. The van der Waals surface area contributed by atoms with Gasteiger partial charge >= 0.3 is 5.97 Å². The second kappa shape index (κ2) is 10.3. The molecule has 0 unspecified atom stereocenters. The van der Waals surface area contributed by atoms with Crippen LogP contribution >= 0.6 is 11.3 Å². The molecule has 8 nitrogen and oxygen atoms in total. The summed E-state index contributed by atoms with van der Waals surface area (Å²) in [5, 5.41) is 14.3. The number of rotatable bonds is 7. The molecule has 0 saturated carbocycles. The van der Waals surface area contributed by atoms with Gasteiger partial charge in [-0.25, -0.2) is 14.8 Å². The van der Waals surface area contributed by atoms with E-state index in [9.17, 15) is 14.7 Å². The predicted molar refractivity (Wildman–Crippen MR) is 158 cm³/mol. The first-order valence-electron chi connectivity index (χ1n) is 12.6. The number of carboxylic acids is 1. The normalized spacial score (nSPS) is 11.9. The predicted octanol–water partition coefficient (Wildman–Crippen LogP) is 6.54. The lowest BCUT2D eigenvalue weighted by Gasteiger charge is -2.22. The molecule has 0 fully saturated rings. The van der Waals surface area contributed by atoms with Crippen LogP contribution in [0.1, 0.15) is 29.0 Å². The van der Waals surface area contributed by atoms with Gasteiger partial charge in [0.1, 0.15) is 16.8 Å². The molecule has 0 aliphatic heterocycles. The van der Waals surface area contributed by atoms with Gasteiger partial charge in [0.05, 0.1) is 28.7 Å². The van der Waals surface area contributed by atoms with Crippen LogP contribution in [0.2, 0.25) is 0 Å². The minimum atomic E-state index is -1.08. The SMILES string of the molecule is COc1cc(-c2cccc3cc([C@H](C)Nc4nccc5scnc45)n(-c4ccccc4)c(=O)c23)ccc1C(=O)O. The highest BCUT2D eigenvalue weighted by molar-refractivity contribution is 7.16. The molecule has 9 heteroatoms. The van der Waals surface area contributed by atoms with Crippen LogP contribution in [-0.2, 0) is 0 Å². The molecule has 6 rings (SSSR count). The van der Waals surface area contributed by atoms with Crippen LogP contribution in [-0.4, -0.2) is 32.7 Å². The zero-order valence-corrected chi connectivity index (χ0v) is 22.5. The number of ether oxygens (including phenoxy) is 1. The van der Waals surface area contributed by atoms with Crippen molar-refractivity contribution in [1.29, 1.82) is 0 Å². The van der Waals surface area contributed by atoms with Crippen LogP contribution in [0.15, 0.2) is 95.4 Å². The highest BCUT2D eigenvalue weighted by Gasteiger charge is 2.21. The Bertz CT molecular complexity index is 1950. The fraction of sp³-hybridized carbons (Fsp3) is 0.0968. The van der Waals surface area contributed by atoms with Gasteiger partial charge in [0.25, 0.3) is 5.56 Å². The van der Waals surface area contributed by atoms with E-state index < -0.39 is 5.97 Å². The summed E-state index contributed by atoms with van der Waals surface area (Å²) in [6.07, 6.45) is 1.75. The van der Waals surface area contributed by atoms with Gasteiger partial charge in [0.15, 0.2) is 5.82 Å². The number of para-hydroxylation sites is 1. The van der Waals surface area contributed by atoms with E-state index in [0.29, 0.717) is 22.3 Å². The van der Waals surface area contributed by atoms with E-state index in [1.807, 2.05) is 67.6 Å². The van der Waals surface area contributed by atoms with E-state index in [0.717, 1.165) is 27.0 Å². The van der Waals surface area contributed by atoms with Crippen molar-refractivity contribution in [2.45, 2.75) is 13.0 Å². The van der Waals surface area contributed by atoms with Crippen molar-refractivity contribution < 1.29 is 14.6 Å². The second-order valence-electron chi connectivity index (χ2n) is 9.26. The Labute approximate surface area is 233 Å². The molecule has 6 aromatic rings. The standard InChI is InChI=1S/C31H24N4O4S/c1-18(34-29-28-26(13-14-32-29)40-17-33-28)24-15-20-7-6-10-22(19-11-12-23(31(37)38)25(16-19)39-2)27(20)30(36)35(24)21-8-4-3-5-9-21/h3-18H,1-2H3,(H,32,34)(H,37,38)/t18-/m0/s1. The Morgan fingerprint density at radius 1 is 1.02 bits per heavy atom. The molecule has 2 N–H and O–H groups in total. The first-order valence-corrected chi connectivity index (χ1v) is 13.4. The topological polar surface area (TPSA) is 106 Å². The van der Waals surface area contributed by atoms with E-state index in [4.69, 9.17) is 4.74 Å². The van der Waals surface area contributed by atoms with E-state index in [1.54, 1.807) is 39.7 Å². The molecule has 40 heavy (non-hydrogen) atoms. The number of anilines is 1. The number of fused-ring (bicyclic) bond motifs is 2. The summed E-state index contributed by atoms with van der Waals surface area (Å²) >= 11 is 1.55. The maximum absolute atomic E-state index is 14.4. The number of aromatic carboxylic acids is 1. The van der Waals surface area contributed by atoms with Gasteiger partial charge in [-0.05, 0) is 59.8 Å². The van der Waals surface area contributed by atoms with Crippen molar-refractivity contribution in [2.24, 2.45) is 0 Å². The number of aromatic nitrogens is 3. The third kappa shape index (κ3) is 4.36. The van der Waals surface area contributed by atoms with Crippen molar-refractivity contribution in [1.82, 2.24) is 14.5 Å². The molecule has 0 amide bonds. The molecule has 198 valence electrons. The Hall–Kier alpha value is -5.02. The number of methoxy groups -OCH3 is 1. The van der Waals surface area contributed by atoms with Crippen LogP contribution in [0.5, 0.6) is 5.75 Å². The summed E-state index contributed by atoms with van der Waals surface area (Å²) in [5.41, 5.74) is 5.29. The average Bonchev–Trinajstić information content (AvgIpc) is 3.47. The summed E-state index contributed by atoms with van der Waals surface area (Å²) in [4.78, 5) is 35.0. The van der Waals surface area contributed by atoms with Gasteiger partial charge in [0, 0.05) is 17.6 Å². The Balaban J connectivity index is 1.56. The van der Waals surface area contributed by atoms with Gasteiger partial charge < -0.3 is 15.2 Å². The number of nitrogens with one attached hydrogen (secondary N) is 1. The minimum absolute atomic E-state index is 0.0547. The number of hydrogen-bond acceptors (Lipinski definition) is 7. The molecule has 3 heterocycles. The lowest BCUT2D eigenvalue weighted by Crippen LogP contribution is -2.26. The minimum Gasteiger partial charge on any atom is -0.496 e. The van der Waals surface area contributed by atoms with Crippen molar-refractivity contribution >= 4 is 44.1 Å². The molecule has 3 aromatic heterocycles. The number of pyridine rings is 2. The van der Waals surface area contributed by atoms with Crippen LogP contribution in [0, 0.1) is 0 Å². The van der Waals surface area contributed by atoms with E-state index >= 15 is 0 Å². The summed E-state index contributed by atoms with van der Waals surface area (Å²) in [6.45, 7) is 1.99. The molecule has 3 aromatic carbocycles. The summed E-state index contributed by atoms with van der Waals surface area (Å²) in [7, 11) is 1.43. The van der Waals surface area contributed by atoms with E-state index in [-0.39, 0.29) is 22.9 Å². The molecule has 0 bridgehead atoms. The maximum atomic E-state index is 14.4. The average molecular weight is 549 g/mol. The van der Waals surface area contributed by atoms with E-state index in [1.165, 1.54) is 13.2 Å². The van der Waals surface area contributed by atoms with Gasteiger partial charge in [-0.2, -0.15) is 0 Å². The number of nitrogens with zero attached hydrogens (tertiary/aromatic N) is 3. The van der Waals surface area contributed by atoms with Gasteiger partial charge in [-0.15, -0.1) is 11.3 Å². The Kier molecular flexibility index (Phi) is 6.49. The quantitative estimate of drug-likeness (QED) is 0.233. The van der Waals surface area contributed by atoms with Gasteiger partial charge in [-0.3, -0.25) is 9.36 Å². The van der Waals surface area contributed by atoms with Gasteiger partial charge in [0.2, 0.25) is 0 Å². The third-order valence-electron chi connectivity index (χ3n) is 6.88. The van der Waals surface area contributed by atoms with E-state index in [2.05, 4.69) is 15.3 Å². The number of thiazole rings is 1. The first kappa shape index (κ1) is 25.3.